The van der Waals surface area contributed by atoms with Gasteiger partial charge in [-0.2, -0.15) is 9.98 Å². The zero-order valence-electron chi connectivity index (χ0n) is 22.3. The molecule has 0 bridgehead atoms. The predicted molar refractivity (Wildman–Crippen MR) is 146 cm³/mol. The number of carbonyl (C=O) groups excluding carboxylic acids is 2. The minimum Gasteiger partial charge on any atom is -0.464 e. The van der Waals surface area contributed by atoms with Gasteiger partial charge in [0.15, 0.2) is 0 Å². The highest BCUT2D eigenvalue weighted by atomic mass is 32.2. The van der Waals surface area contributed by atoms with Crippen LogP contribution in [0.2, 0.25) is 0 Å². The number of hydrogen-bond donors (Lipinski definition) is 2. The highest BCUT2D eigenvalue weighted by molar-refractivity contribution is 7.89. The lowest BCUT2D eigenvalue weighted by Crippen LogP contribution is -2.56. The van der Waals surface area contributed by atoms with Gasteiger partial charge < -0.3 is 15.0 Å². The summed E-state index contributed by atoms with van der Waals surface area (Å²) in [7, 11) is -4.10. The zero-order chi connectivity index (χ0) is 28.0. The third kappa shape index (κ3) is 6.74. The summed E-state index contributed by atoms with van der Waals surface area (Å²) >= 11 is 0. The van der Waals surface area contributed by atoms with E-state index in [-0.39, 0.29) is 24.5 Å². The summed E-state index contributed by atoms with van der Waals surface area (Å²) in [4.78, 5) is 28.3. The van der Waals surface area contributed by atoms with Gasteiger partial charge in [-0.1, -0.05) is 36.8 Å². The number of nitriles is 1. The maximum Gasteiger partial charge on any atom is 0.329 e. The third-order valence-electron chi connectivity index (χ3n) is 7.17. The summed E-state index contributed by atoms with van der Waals surface area (Å²) in [5.74, 6) is -1.04. The largest absolute Gasteiger partial charge is 0.464 e. The fraction of sp³-hybridized carbons (Fsp3) is 0.414. The molecule has 1 amide bonds. The van der Waals surface area contributed by atoms with Crippen LogP contribution in [0.15, 0.2) is 59.0 Å². The van der Waals surface area contributed by atoms with Crippen LogP contribution in [0.3, 0.4) is 0 Å². The van der Waals surface area contributed by atoms with Crippen molar-refractivity contribution in [1.29, 1.82) is 5.26 Å². The molecule has 10 heteroatoms. The molecule has 2 aromatic carbocycles. The molecule has 0 aromatic heterocycles. The number of fused-ring (bicyclic) bond motifs is 1. The summed E-state index contributed by atoms with van der Waals surface area (Å²) < 4.78 is 35.1. The van der Waals surface area contributed by atoms with Crippen molar-refractivity contribution in [2.24, 2.45) is 0 Å². The number of hydrogen-bond acceptors (Lipinski definition) is 7. The van der Waals surface area contributed by atoms with Crippen LogP contribution in [0, 0.1) is 11.3 Å². The topological polar surface area (TPSA) is 129 Å². The Kier molecular flexibility index (Phi) is 9.17. The number of nitrogens with one attached hydrogen (secondary N) is 2. The third-order valence-corrected chi connectivity index (χ3v) is 8.64. The van der Waals surface area contributed by atoms with Crippen molar-refractivity contribution >= 4 is 21.9 Å². The number of carbonyl (C=O) groups is 2. The quantitative estimate of drug-likeness (QED) is 0.363. The van der Waals surface area contributed by atoms with E-state index in [0.29, 0.717) is 24.1 Å². The van der Waals surface area contributed by atoms with Gasteiger partial charge in [-0.05, 0) is 80.1 Å². The fourth-order valence-corrected chi connectivity index (χ4v) is 6.28. The minimum absolute atomic E-state index is 0.0104. The molecule has 9 nitrogen and oxygen atoms in total. The van der Waals surface area contributed by atoms with Gasteiger partial charge >= 0.3 is 5.97 Å². The van der Waals surface area contributed by atoms with E-state index in [1.54, 1.807) is 43.3 Å². The van der Waals surface area contributed by atoms with E-state index in [4.69, 9.17) is 4.74 Å². The van der Waals surface area contributed by atoms with Crippen LogP contribution < -0.4 is 10.0 Å². The number of benzene rings is 2. The van der Waals surface area contributed by atoms with Crippen molar-refractivity contribution in [1.82, 2.24) is 14.9 Å². The predicted octanol–water partition coefficient (Wildman–Crippen LogP) is 2.59. The van der Waals surface area contributed by atoms with Crippen molar-refractivity contribution in [3.63, 3.8) is 0 Å². The van der Waals surface area contributed by atoms with Gasteiger partial charge in [0.05, 0.1) is 23.1 Å². The van der Waals surface area contributed by atoms with E-state index < -0.39 is 34.0 Å². The second-order valence-corrected chi connectivity index (χ2v) is 11.4. The molecule has 2 aromatic rings. The standard InChI is InChI=1S/C29H34N4O5S/c1-3-20-11-13-33(27(16-20)29(35)38-4-2)28(34)26(15-21-6-5-7-22(14-21)18-30)32-39(36,37)25-9-8-23-10-12-31-19-24(23)17-25/h5-9,11,14,17,26-27,31-32H,3-4,10,12-13,15-16,19H2,1-2H3/t26-,27+/m0/s1. The van der Waals surface area contributed by atoms with E-state index in [0.717, 1.165) is 36.1 Å². The molecule has 2 aliphatic rings. The fourth-order valence-electron chi connectivity index (χ4n) is 5.04. The van der Waals surface area contributed by atoms with Gasteiger partial charge in [0.2, 0.25) is 15.9 Å². The van der Waals surface area contributed by atoms with Crippen LogP contribution in [-0.2, 0) is 43.7 Å². The van der Waals surface area contributed by atoms with Crippen LogP contribution >= 0.6 is 0 Å². The Morgan fingerprint density at radius 1 is 1.21 bits per heavy atom. The number of sulfonamides is 1. The van der Waals surface area contributed by atoms with Crippen molar-refractivity contribution in [2.75, 3.05) is 19.7 Å². The van der Waals surface area contributed by atoms with Gasteiger partial charge in [0, 0.05) is 13.1 Å². The Hall–Kier alpha value is -3.52. The molecule has 2 atom stereocenters. The first-order chi connectivity index (χ1) is 18.7. The molecule has 0 unspecified atom stereocenters. The Bertz CT molecular complexity index is 1410. The summed E-state index contributed by atoms with van der Waals surface area (Å²) in [5.41, 5.74) is 4.07. The molecule has 0 spiro atoms. The number of esters is 1. The molecule has 0 saturated carbocycles. The molecule has 0 radical (unpaired) electrons. The highest BCUT2D eigenvalue weighted by Crippen LogP contribution is 2.24. The minimum atomic E-state index is -4.10. The van der Waals surface area contributed by atoms with Crippen LogP contribution in [0.4, 0.5) is 0 Å². The lowest BCUT2D eigenvalue weighted by molar-refractivity contribution is -0.155. The van der Waals surface area contributed by atoms with Crippen molar-refractivity contribution < 1.29 is 22.7 Å². The Balaban J connectivity index is 1.68. The number of ether oxygens (including phenoxy) is 1. The maximum absolute atomic E-state index is 14.0. The van der Waals surface area contributed by atoms with Gasteiger partial charge in [0.1, 0.15) is 12.1 Å². The number of nitrogens with zero attached hydrogens (tertiary/aromatic N) is 2. The second-order valence-electron chi connectivity index (χ2n) is 9.73. The molecule has 0 saturated heterocycles. The number of amides is 1. The lowest BCUT2D eigenvalue weighted by atomic mass is 9.96. The zero-order valence-corrected chi connectivity index (χ0v) is 23.1. The van der Waals surface area contributed by atoms with E-state index >= 15 is 0 Å². The summed E-state index contributed by atoms with van der Waals surface area (Å²) in [6, 6.07) is 11.8. The summed E-state index contributed by atoms with van der Waals surface area (Å²) in [6.45, 7) is 5.44. The lowest BCUT2D eigenvalue weighted by Gasteiger charge is -2.36. The van der Waals surface area contributed by atoms with Crippen LogP contribution in [0.5, 0.6) is 0 Å². The van der Waals surface area contributed by atoms with Gasteiger partial charge in [-0.25, -0.2) is 13.2 Å². The Morgan fingerprint density at radius 2 is 2.03 bits per heavy atom. The molecular weight excluding hydrogens is 516 g/mol. The molecular formula is C29H34N4O5S. The number of rotatable bonds is 9. The van der Waals surface area contributed by atoms with Crippen LogP contribution in [0.25, 0.3) is 0 Å². The monoisotopic (exact) mass is 550 g/mol. The van der Waals surface area contributed by atoms with E-state index in [9.17, 15) is 23.3 Å². The van der Waals surface area contributed by atoms with Crippen LogP contribution in [0.1, 0.15) is 48.9 Å². The molecule has 206 valence electrons. The van der Waals surface area contributed by atoms with Gasteiger partial charge in [-0.3, -0.25) is 4.79 Å². The average Bonchev–Trinajstić information content (AvgIpc) is 2.96. The van der Waals surface area contributed by atoms with Gasteiger partial charge in [0.25, 0.3) is 0 Å². The molecule has 2 aliphatic heterocycles. The van der Waals surface area contributed by atoms with Crippen molar-refractivity contribution in [3.05, 3.63) is 76.4 Å². The first-order valence-corrected chi connectivity index (χ1v) is 14.7. The summed E-state index contributed by atoms with van der Waals surface area (Å²) in [6.07, 6.45) is 3.81. The molecule has 0 aliphatic carbocycles. The Labute approximate surface area is 229 Å². The average molecular weight is 551 g/mol. The molecule has 4 rings (SSSR count). The van der Waals surface area contributed by atoms with Gasteiger partial charge in [-0.15, -0.1) is 0 Å². The first-order valence-electron chi connectivity index (χ1n) is 13.2. The molecule has 2 heterocycles. The second kappa shape index (κ2) is 12.6. The molecule has 39 heavy (non-hydrogen) atoms. The van der Waals surface area contributed by atoms with Crippen molar-refractivity contribution in [3.8, 4) is 6.07 Å². The smallest absolute Gasteiger partial charge is 0.329 e. The van der Waals surface area contributed by atoms with Crippen molar-refractivity contribution in [2.45, 2.75) is 63.1 Å². The van der Waals surface area contributed by atoms with Crippen LogP contribution in [-0.4, -0.2) is 57.0 Å². The molecule has 2 N–H and O–H groups in total. The first kappa shape index (κ1) is 28.5. The maximum atomic E-state index is 14.0. The Morgan fingerprint density at radius 3 is 2.77 bits per heavy atom. The summed E-state index contributed by atoms with van der Waals surface area (Å²) in [5, 5.41) is 12.6. The normalized spacial score (nSPS) is 17.9. The van der Waals surface area contributed by atoms with E-state index in [1.165, 1.54) is 4.90 Å². The highest BCUT2D eigenvalue weighted by Gasteiger charge is 2.38. The SMILES string of the molecule is CCOC(=O)[C@H]1CC(CC)=CCN1C(=O)[C@H](Cc1cccc(C#N)c1)NS(=O)(=O)c1ccc2c(c1)CNCC2. The van der Waals surface area contributed by atoms with E-state index in [1.807, 2.05) is 19.1 Å². The van der Waals surface area contributed by atoms with E-state index in [2.05, 4.69) is 16.1 Å². The molecule has 0 fully saturated rings.